The van der Waals surface area contributed by atoms with Gasteiger partial charge in [0, 0.05) is 6.20 Å². The molecule has 0 aliphatic heterocycles. The largest absolute Gasteiger partial charge is 0.349 e. The van der Waals surface area contributed by atoms with Gasteiger partial charge < -0.3 is 5.32 Å². The molecule has 23 heavy (non-hydrogen) atoms. The number of sulfone groups is 1. The molecule has 1 aromatic heterocycles. The van der Waals surface area contributed by atoms with Gasteiger partial charge in [-0.1, -0.05) is 17.7 Å². The molecule has 0 saturated heterocycles. The van der Waals surface area contributed by atoms with Gasteiger partial charge in [-0.05, 0) is 44.4 Å². The Kier molecular flexibility index (Phi) is 3.97. The van der Waals surface area contributed by atoms with Crippen molar-refractivity contribution in [2.75, 3.05) is 0 Å². The number of H-pyrrole nitrogens is 1. The number of carbonyl (C=O) groups is 1. The van der Waals surface area contributed by atoms with Gasteiger partial charge in [0.25, 0.3) is 0 Å². The third-order valence-electron chi connectivity index (χ3n) is 4.42. The minimum absolute atomic E-state index is 0.208. The second-order valence-electron chi connectivity index (χ2n) is 5.93. The molecule has 0 bridgehead atoms. The first-order valence-electron chi connectivity index (χ1n) is 7.54. The summed E-state index contributed by atoms with van der Waals surface area (Å²) < 4.78 is 24.6. The van der Waals surface area contributed by atoms with Crippen molar-refractivity contribution in [1.29, 1.82) is 0 Å². The zero-order valence-electron chi connectivity index (χ0n) is 12.9. The average molecular weight is 333 g/mol. The van der Waals surface area contributed by atoms with Gasteiger partial charge in [-0.2, -0.15) is 5.10 Å². The van der Waals surface area contributed by atoms with Crippen LogP contribution in [0.1, 0.15) is 30.5 Å². The van der Waals surface area contributed by atoms with E-state index in [0.717, 1.165) is 17.7 Å². The molecule has 1 heterocycles. The Balaban J connectivity index is 1.84. The van der Waals surface area contributed by atoms with Crippen LogP contribution in [0, 0.1) is 6.92 Å². The molecular weight excluding hydrogens is 314 g/mol. The van der Waals surface area contributed by atoms with Gasteiger partial charge in [-0.15, -0.1) is 0 Å². The van der Waals surface area contributed by atoms with E-state index in [1.165, 1.54) is 0 Å². The van der Waals surface area contributed by atoms with Crippen LogP contribution in [0.2, 0.25) is 0 Å². The molecule has 6 nitrogen and oxygen atoms in total. The molecule has 0 atom stereocenters. The number of nitrogens with zero attached hydrogens (tertiary/aromatic N) is 1. The highest BCUT2D eigenvalue weighted by molar-refractivity contribution is 7.93. The molecule has 1 saturated carbocycles. The van der Waals surface area contributed by atoms with Gasteiger partial charge in [-0.25, -0.2) is 8.42 Å². The van der Waals surface area contributed by atoms with Gasteiger partial charge in [0.1, 0.15) is 0 Å². The number of hydrogen-bond donors (Lipinski definition) is 2. The Bertz CT molecular complexity index is 792. The summed E-state index contributed by atoms with van der Waals surface area (Å²) in [5.41, 5.74) is 1.72. The van der Waals surface area contributed by atoms with Crippen molar-refractivity contribution in [3.8, 4) is 0 Å². The van der Waals surface area contributed by atoms with Crippen LogP contribution in [0.4, 0.5) is 0 Å². The fourth-order valence-corrected chi connectivity index (χ4v) is 4.87. The van der Waals surface area contributed by atoms with Crippen molar-refractivity contribution >= 4 is 15.7 Å². The maximum absolute atomic E-state index is 13.0. The van der Waals surface area contributed by atoms with E-state index in [9.17, 15) is 13.2 Å². The molecule has 0 unspecified atom stereocenters. The Morgan fingerprint density at radius 3 is 2.48 bits per heavy atom. The lowest BCUT2D eigenvalue weighted by atomic mass is 9.83. The minimum atomic E-state index is -3.71. The predicted octanol–water partition coefficient (Wildman–Crippen LogP) is 1.73. The summed E-state index contributed by atoms with van der Waals surface area (Å²) in [5.74, 6) is -0.432. The number of aromatic nitrogens is 2. The van der Waals surface area contributed by atoms with Crippen LogP contribution < -0.4 is 5.32 Å². The second kappa shape index (κ2) is 5.81. The van der Waals surface area contributed by atoms with Crippen LogP contribution in [0.25, 0.3) is 0 Å². The Labute approximate surface area is 135 Å². The molecule has 1 aliphatic carbocycles. The van der Waals surface area contributed by atoms with Crippen LogP contribution in [-0.2, 0) is 21.2 Å². The van der Waals surface area contributed by atoms with Crippen molar-refractivity contribution in [2.45, 2.75) is 42.4 Å². The molecular formula is C16H19N3O3S. The van der Waals surface area contributed by atoms with E-state index in [4.69, 9.17) is 0 Å². The summed E-state index contributed by atoms with van der Waals surface area (Å²) in [4.78, 5) is 12.8. The zero-order chi connectivity index (χ0) is 16.5. The second-order valence-corrected chi connectivity index (χ2v) is 8.19. The fourth-order valence-electron chi connectivity index (χ4n) is 2.78. The summed E-state index contributed by atoms with van der Waals surface area (Å²) >= 11 is 0. The van der Waals surface area contributed by atoms with Crippen molar-refractivity contribution < 1.29 is 13.2 Å². The molecule has 122 valence electrons. The highest BCUT2D eigenvalue weighted by atomic mass is 32.2. The maximum atomic E-state index is 13.0. The van der Waals surface area contributed by atoms with Crippen LogP contribution in [0.15, 0.2) is 41.4 Å². The first-order valence-corrected chi connectivity index (χ1v) is 9.02. The quantitative estimate of drug-likeness (QED) is 0.871. The number of aromatic amines is 1. The Hall–Kier alpha value is -2.15. The van der Waals surface area contributed by atoms with Crippen molar-refractivity contribution in [1.82, 2.24) is 15.5 Å². The molecule has 2 N–H and O–H groups in total. The van der Waals surface area contributed by atoms with Gasteiger partial charge in [0.05, 0.1) is 17.1 Å². The lowest BCUT2D eigenvalue weighted by molar-refractivity contribution is -0.125. The Morgan fingerprint density at radius 2 is 1.96 bits per heavy atom. The topological polar surface area (TPSA) is 91.9 Å². The number of carbonyl (C=O) groups excluding carboxylic acids is 1. The molecule has 1 aromatic carbocycles. The molecule has 2 aromatic rings. The van der Waals surface area contributed by atoms with Gasteiger partial charge >= 0.3 is 0 Å². The van der Waals surface area contributed by atoms with E-state index < -0.39 is 20.5 Å². The van der Waals surface area contributed by atoms with Crippen LogP contribution in [0.5, 0.6) is 0 Å². The summed E-state index contributed by atoms with van der Waals surface area (Å²) in [6, 6.07) is 8.39. The number of rotatable bonds is 5. The summed E-state index contributed by atoms with van der Waals surface area (Å²) in [7, 11) is -3.71. The summed E-state index contributed by atoms with van der Waals surface area (Å²) in [5, 5.41) is 9.27. The smallest absolute Gasteiger partial charge is 0.242 e. The third kappa shape index (κ3) is 2.65. The average Bonchev–Trinajstić information content (AvgIpc) is 2.97. The monoisotopic (exact) mass is 333 g/mol. The molecule has 0 spiro atoms. The van der Waals surface area contributed by atoms with Crippen LogP contribution in [0.3, 0.4) is 0 Å². The van der Waals surface area contributed by atoms with E-state index in [1.54, 1.807) is 36.5 Å². The lowest BCUT2D eigenvalue weighted by Gasteiger charge is -2.39. The number of nitrogens with one attached hydrogen (secondary N) is 2. The van der Waals surface area contributed by atoms with Crippen molar-refractivity contribution in [3.05, 3.63) is 47.8 Å². The maximum Gasteiger partial charge on any atom is 0.242 e. The van der Waals surface area contributed by atoms with Gasteiger partial charge in [0.2, 0.25) is 5.91 Å². The SMILES string of the molecule is Cc1ccc(S(=O)(=O)C2(C(=O)NCc3ccn[nH]3)CCC2)cc1. The number of amides is 1. The molecule has 3 rings (SSSR count). The van der Waals surface area contributed by atoms with Crippen molar-refractivity contribution in [3.63, 3.8) is 0 Å². The van der Waals surface area contributed by atoms with Crippen LogP contribution in [-0.4, -0.2) is 29.3 Å². The van der Waals surface area contributed by atoms with Crippen molar-refractivity contribution in [2.24, 2.45) is 0 Å². The summed E-state index contributed by atoms with van der Waals surface area (Å²) in [6.07, 6.45) is 3.04. The molecule has 1 fully saturated rings. The molecule has 7 heteroatoms. The molecule has 0 radical (unpaired) electrons. The highest BCUT2D eigenvalue weighted by Gasteiger charge is 2.55. The molecule has 1 aliphatic rings. The molecule has 1 amide bonds. The van der Waals surface area contributed by atoms with E-state index in [2.05, 4.69) is 15.5 Å². The lowest BCUT2D eigenvalue weighted by Crippen LogP contribution is -2.56. The highest BCUT2D eigenvalue weighted by Crippen LogP contribution is 2.43. The minimum Gasteiger partial charge on any atom is -0.349 e. The van der Waals surface area contributed by atoms with E-state index in [0.29, 0.717) is 12.8 Å². The summed E-state index contributed by atoms with van der Waals surface area (Å²) in [6.45, 7) is 2.14. The number of hydrogen-bond acceptors (Lipinski definition) is 4. The first kappa shape index (κ1) is 15.7. The normalized spacial score (nSPS) is 16.6. The van der Waals surface area contributed by atoms with E-state index >= 15 is 0 Å². The van der Waals surface area contributed by atoms with Gasteiger partial charge in [-0.3, -0.25) is 9.89 Å². The van der Waals surface area contributed by atoms with Crippen LogP contribution >= 0.6 is 0 Å². The number of benzene rings is 1. The van der Waals surface area contributed by atoms with E-state index in [-0.39, 0.29) is 11.4 Å². The fraction of sp³-hybridized carbons (Fsp3) is 0.375. The number of aryl methyl sites for hydroxylation is 1. The predicted molar refractivity (Wildman–Crippen MR) is 85.4 cm³/mol. The standard InChI is InChI=1S/C16H19N3O3S/c1-12-3-5-14(6-4-12)23(21,22)16(8-2-9-16)15(20)17-11-13-7-10-18-19-13/h3-7,10H,2,8-9,11H2,1H3,(H,17,20)(H,18,19). The third-order valence-corrected chi connectivity index (χ3v) is 6.93. The Morgan fingerprint density at radius 1 is 1.26 bits per heavy atom. The zero-order valence-corrected chi connectivity index (χ0v) is 13.7. The van der Waals surface area contributed by atoms with E-state index in [1.807, 2.05) is 6.92 Å². The van der Waals surface area contributed by atoms with Gasteiger partial charge in [0.15, 0.2) is 14.6 Å². The first-order chi connectivity index (χ1) is 11.0.